The van der Waals surface area contributed by atoms with Crippen LogP contribution < -0.4 is 16.1 Å². The molecule has 2 aromatic rings. The highest BCUT2D eigenvalue weighted by molar-refractivity contribution is 6.06. The lowest BCUT2D eigenvalue weighted by molar-refractivity contribution is -0.116. The summed E-state index contributed by atoms with van der Waals surface area (Å²) in [6.07, 6.45) is 1.72. The normalized spacial score (nSPS) is 16.7. The second-order valence-electron chi connectivity index (χ2n) is 6.84. The van der Waals surface area contributed by atoms with Crippen LogP contribution in [0.5, 0.6) is 0 Å². The average Bonchev–Trinajstić information content (AvgIpc) is 2.86. The molecule has 0 bridgehead atoms. The van der Waals surface area contributed by atoms with Crippen LogP contribution in [0.4, 0.5) is 4.39 Å². The number of primary amides is 1. The first kappa shape index (κ1) is 18.8. The molecule has 1 atom stereocenters. The molecule has 0 aliphatic carbocycles. The molecule has 1 aliphatic heterocycles. The van der Waals surface area contributed by atoms with E-state index >= 15 is 0 Å². The van der Waals surface area contributed by atoms with Crippen LogP contribution in [0, 0.1) is 31.5 Å². The van der Waals surface area contributed by atoms with E-state index in [0.717, 1.165) is 30.6 Å². The fraction of sp³-hybridized carbons (Fsp3) is 0.400. The van der Waals surface area contributed by atoms with Gasteiger partial charge < -0.3 is 16.1 Å². The highest BCUT2D eigenvalue weighted by Gasteiger charge is 2.26. The van der Waals surface area contributed by atoms with Gasteiger partial charge in [-0.25, -0.2) is 4.39 Å². The minimum atomic E-state index is -0.668. The second kappa shape index (κ2) is 7.31. The van der Waals surface area contributed by atoms with Crippen LogP contribution in [0.15, 0.2) is 12.1 Å². The lowest BCUT2D eigenvalue weighted by atomic mass is 10.1. The van der Waals surface area contributed by atoms with E-state index in [9.17, 15) is 14.0 Å². The van der Waals surface area contributed by atoms with Crippen LogP contribution in [0.1, 0.15) is 41.4 Å². The Morgan fingerprint density at radius 2 is 2.07 bits per heavy atom. The van der Waals surface area contributed by atoms with Crippen molar-refractivity contribution in [1.82, 2.24) is 9.99 Å². The second-order valence-corrected chi connectivity index (χ2v) is 6.84. The Bertz CT molecular complexity index is 983. The maximum absolute atomic E-state index is 14.0. The number of nitrogens with zero attached hydrogens (tertiary/aromatic N) is 2. The number of piperidine rings is 1. The number of aryl methyl sites for hydroxylation is 1. The number of rotatable bonds is 3. The predicted molar refractivity (Wildman–Crippen MR) is 102 cm³/mol. The number of carbonyl (C=O) groups excluding carboxylic acids is 2. The van der Waals surface area contributed by atoms with Gasteiger partial charge in [-0.1, -0.05) is 5.92 Å². The summed E-state index contributed by atoms with van der Waals surface area (Å²) in [4.78, 5) is 23.8. The van der Waals surface area contributed by atoms with E-state index in [1.165, 1.54) is 12.1 Å². The molecule has 0 radical (unpaired) electrons. The Morgan fingerprint density at radius 1 is 1.33 bits per heavy atom. The molecule has 0 spiro atoms. The van der Waals surface area contributed by atoms with Crippen LogP contribution >= 0.6 is 0 Å². The first-order valence-electron chi connectivity index (χ1n) is 8.93. The van der Waals surface area contributed by atoms with Crippen molar-refractivity contribution in [3.63, 3.8) is 0 Å². The minimum Gasteiger partial charge on any atom is -0.366 e. The number of fused-ring (bicyclic) bond motifs is 1. The third kappa shape index (κ3) is 3.47. The summed E-state index contributed by atoms with van der Waals surface area (Å²) in [6.45, 7) is 6.78. The fourth-order valence-corrected chi connectivity index (χ4v) is 3.77. The third-order valence-electron chi connectivity index (χ3n) is 5.07. The monoisotopic (exact) mass is 370 g/mol. The molecular formula is C20H23FN4O2. The summed E-state index contributed by atoms with van der Waals surface area (Å²) in [5.74, 6) is 3.64. The minimum absolute atomic E-state index is 0.0540. The largest absolute Gasteiger partial charge is 0.366 e. The van der Waals surface area contributed by atoms with Crippen molar-refractivity contribution in [2.45, 2.75) is 39.7 Å². The van der Waals surface area contributed by atoms with Crippen LogP contribution in [-0.4, -0.2) is 35.6 Å². The van der Waals surface area contributed by atoms with Crippen molar-refractivity contribution in [1.29, 1.82) is 0 Å². The molecule has 3 N–H and O–H groups in total. The number of hydrogen-bond acceptors (Lipinski definition) is 3. The highest BCUT2D eigenvalue weighted by Crippen LogP contribution is 2.30. The fourth-order valence-electron chi connectivity index (χ4n) is 3.77. The standard InChI is InChI=1S/C20H23FN4O2/c1-4-6-18(26)23-15-7-5-8-24(11-15)25-13(3)12(2)16-9-14(21)10-17(19(16)25)20(22)27/h9-10,15H,5,7-8,11H2,1-3H3,(H2,22,27)(H,23,26). The number of amides is 2. The first-order chi connectivity index (χ1) is 12.8. The summed E-state index contributed by atoms with van der Waals surface area (Å²) in [6, 6.07) is 2.56. The lowest BCUT2D eigenvalue weighted by Crippen LogP contribution is -2.51. The molecule has 1 aliphatic rings. The van der Waals surface area contributed by atoms with Gasteiger partial charge in [0.2, 0.25) is 0 Å². The van der Waals surface area contributed by atoms with Crippen molar-refractivity contribution in [3.8, 4) is 11.8 Å². The van der Waals surface area contributed by atoms with Crippen LogP contribution in [0.3, 0.4) is 0 Å². The van der Waals surface area contributed by atoms with Crippen molar-refractivity contribution < 1.29 is 14.0 Å². The van der Waals surface area contributed by atoms with Crippen molar-refractivity contribution >= 4 is 22.7 Å². The summed E-state index contributed by atoms with van der Waals surface area (Å²) in [5, 5.41) is 5.66. The number of benzene rings is 1. The van der Waals surface area contributed by atoms with Crippen molar-refractivity contribution in [3.05, 3.63) is 34.8 Å². The van der Waals surface area contributed by atoms with Gasteiger partial charge in [0.05, 0.1) is 17.6 Å². The van der Waals surface area contributed by atoms with E-state index in [4.69, 9.17) is 5.73 Å². The van der Waals surface area contributed by atoms with Gasteiger partial charge in [-0.2, -0.15) is 0 Å². The van der Waals surface area contributed by atoms with Gasteiger partial charge in [-0.3, -0.25) is 14.3 Å². The van der Waals surface area contributed by atoms with E-state index < -0.39 is 11.7 Å². The molecule has 3 rings (SSSR count). The number of nitrogens with one attached hydrogen (secondary N) is 1. The molecule has 2 heterocycles. The number of hydrogen-bond donors (Lipinski definition) is 2. The zero-order valence-corrected chi connectivity index (χ0v) is 15.7. The zero-order chi connectivity index (χ0) is 19.7. The molecule has 1 fully saturated rings. The van der Waals surface area contributed by atoms with Crippen molar-refractivity contribution in [2.75, 3.05) is 18.1 Å². The van der Waals surface area contributed by atoms with E-state index in [0.29, 0.717) is 17.4 Å². The van der Waals surface area contributed by atoms with Gasteiger partial charge in [0, 0.05) is 23.7 Å². The maximum Gasteiger partial charge on any atom is 0.296 e. The summed E-state index contributed by atoms with van der Waals surface area (Å²) >= 11 is 0. The molecule has 1 unspecified atom stereocenters. The number of carbonyl (C=O) groups is 2. The molecule has 27 heavy (non-hydrogen) atoms. The Hall–Kier alpha value is -3.01. The Labute approximate surface area is 157 Å². The molecular weight excluding hydrogens is 347 g/mol. The molecule has 1 aromatic heterocycles. The van der Waals surface area contributed by atoms with E-state index in [2.05, 4.69) is 22.2 Å². The highest BCUT2D eigenvalue weighted by atomic mass is 19.1. The van der Waals surface area contributed by atoms with Crippen LogP contribution in [0.25, 0.3) is 10.9 Å². The van der Waals surface area contributed by atoms with Crippen LogP contribution in [-0.2, 0) is 4.79 Å². The SMILES string of the molecule is CC#CC(=O)NC1CCCN(n2c(C)c(C)c3cc(F)cc(C(N)=O)c32)C1. The molecule has 6 nitrogen and oxygen atoms in total. The number of nitrogens with two attached hydrogens (primary N) is 1. The maximum atomic E-state index is 14.0. The predicted octanol–water partition coefficient (Wildman–Crippen LogP) is 1.74. The molecule has 7 heteroatoms. The molecule has 0 saturated carbocycles. The topological polar surface area (TPSA) is 80.4 Å². The Balaban J connectivity index is 2.05. The van der Waals surface area contributed by atoms with E-state index in [1.54, 1.807) is 6.92 Å². The lowest BCUT2D eigenvalue weighted by Gasteiger charge is -2.36. The summed E-state index contributed by atoms with van der Waals surface area (Å²) < 4.78 is 15.9. The third-order valence-corrected chi connectivity index (χ3v) is 5.07. The van der Waals surface area contributed by atoms with Gasteiger partial charge in [0.1, 0.15) is 5.82 Å². The van der Waals surface area contributed by atoms with Gasteiger partial charge in [-0.05, 0) is 57.2 Å². The Kier molecular flexibility index (Phi) is 5.08. The smallest absolute Gasteiger partial charge is 0.296 e. The van der Waals surface area contributed by atoms with Crippen LogP contribution in [0.2, 0.25) is 0 Å². The number of halogens is 1. The number of aromatic nitrogens is 1. The van der Waals surface area contributed by atoms with E-state index in [-0.39, 0.29) is 17.5 Å². The van der Waals surface area contributed by atoms with Crippen molar-refractivity contribution in [2.24, 2.45) is 5.73 Å². The summed E-state index contributed by atoms with van der Waals surface area (Å²) in [5.41, 5.74) is 8.10. The van der Waals surface area contributed by atoms with Gasteiger partial charge in [-0.15, -0.1) is 0 Å². The van der Waals surface area contributed by atoms with E-state index in [1.807, 2.05) is 18.5 Å². The molecule has 1 saturated heterocycles. The Morgan fingerprint density at radius 3 is 2.74 bits per heavy atom. The van der Waals surface area contributed by atoms with Gasteiger partial charge in [0.25, 0.3) is 11.8 Å². The molecule has 142 valence electrons. The molecule has 1 aromatic carbocycles. The zero-order valence-electron chi connectivity index (χ0n) is 15.7. The average molecular weight is 370 g/mol. The first-order valence-corrected chi connectivity index (χ1v) is 8.93. The quantitative estimate of drug-likeness (QED) is 0.808. The van der Waals surface area contributed by atoms with Gasteiger partial charge in [0.15, 0.2) is 0 Å². The summed E-state index contributed by atoms with van der Waals surface area (Å²) in [7, 11) is 0. The van der Waals surface area contributed by atoms with Gasteiger partial charge >= 0.3 is 0 Å². The molecule has 2 amide bonds.